The Balaban J connectivity index is 2.56. The molecule has 0 saturated carbocycles. The Morgan fingerprint density at radius 3 is 2.60 bits per heavy atom. The van der Waals surface area contributed by atoms with E-state index < -0.39 is 5.97 Å². The highest BCUT2D eigenvalue weighted by atomic mass is 16.4. The number of aromatic carboxylic acids is 1. The number of nitrogens with two attached hydrogens (primary N) is 1. The number of carboxylic acids is 1. The molecule has 0 aliphatic rings. The van der Waals surface area contributed by atoms with Gasteiger partial charge in [-0.1, -0.05) is 6.92 Å². The molecule has 0 radical (unpaired) electrons. The van der Waals surface area contributed by atoms with E-state index in [4.69, 9.17) is 10.8 Å². The number of nitrogens with one attached hydrogen (secondary N) is 1. The second kappa shape index (κ2) is 7.65. The third-order valence-electron chi connectivity index (χ3n) is 3.27. The summed E-state index contributed by atoms with van der Waals surface area (Å²) in [6.45, 7) is 4.49. The van der Waals surface area contributed by atoms with Crippen molar-refractivity contribution >= 4 is 17.6 Å². The summed E-state index contributed by atoms with van der Waals surface area (Å²) in [5.74, 6) is -0.595. The third kappa shape index (κ3) is 5.01. The fourth-order valence-electron chi connectivity index (χ4n) is 1.96. The molecule has 0 bridgehead atoms. The molecule has 1 unspecified atom stereocenters. The van der Waals surface area contributed by atoms with E-state index in [1.165, 1.54) is 6.07 Å². The number of rotatable bonds is 7. The number of amides is 1. The van der Waals surface area contributed by atoms with Gasteiger partial charge in [0, 0.05) is 12.1 Å². The van der Waals surface area contributed by atoms with Crippen LogP contribution < -0.4 is 11.1 Å². The van der Waals surface area contributed by atoms with Crippen LogP contribution in [0.4, 0.5) is 5.69 Å². The predicted molar refractivity (Wildman–Crippen MR) is 78.8 cm³/mol. The zero-order chi connectivity index (χ0) is 15.1. The molecule has 1 atom stereocenters. The van der Waals surface area contributed by atoms with E-state index >= 15 is 0 Å². The highest BCUT2D eigenvalue weighted by molar-refractivity contribution is 5.93. The summed E-state index contributed by atoms with van der Waals surface area (Å²) in [4.78, 5) is 22.7. The molecule has 0 saturated heterocycles. The van der Waals surface area contributed by atoms with Gasteiger partial charge in [-0.05, 0) is 56.0 Å². The van der Waals surface area contributed by atoms with Crippen LogP contribution >= 0.6 is 0 Å². The molecule has 0 aliphatic heterocycles. The molecule has 0 fully saturated rings. The van der Waals surface area contributed by atoms with Crippen molar-refractivity contribution in [3.63, 3.8) is 0 Å². The summed E-state index contributed by atoms with van der Waals surface area (Å²) >= 11 is 0. The van der Waals surface area contributed by atoms with E-state index in [-0.39, 0.29) is 11.5 Å². The molecular formula is C15H22N2O3. The fourth-order valence-corrected chi connectivity index (χ4v) is 1.96. The summed E-state index contributed by atoms with van der Waals surface area (Å²) in [5.41, 5.74) is 7.09. The van der Waals surface area contributed by atoms with Crippen LogP contribution in [0.5, 0.6) is 0 Å². The van der Waals surface area contributed by atoms with Crippen LogP contribution in [0, 0.1) is 12.8 Å². The Morgan fingerprint density at radius 1 is 1.35 bits per heavy atom. The van der Waals surface area contributed by atoms with Crippen molar-refractivity contribution in [3.05, 3.63) is 29.3 Å². The molecule has 5 nitrogen and oxygen atoms in total. The standard InChI is InChI=1S/C15H22N2O3/c1-10(7-8-16)3-6-14(18)17-13-5-4-12(15(19)20)9-11(13)2/h4-5,9-10H,3,6-8,16H2,1-2H3,(H,17,18)(H,19,20). The zero-order valence-corrected chi connectivity index (χ0v) is 12.0. The minimum absolute atomic E-state index is 0.0555. The van der Waals surface area contributed by atoms with Gasteiger partial charge < -0.3 is 16.2 Å². The van der Waals surface area contributed by atoms with Gasteiger partial charge in [0.2, 0.25) is 5.91 Å². The maximum atomic E-state index is 11.8. The molecule has 20 heavy (non-hydrogen) atoms. The van der Waals surface area contributed by atoms with Crippen molar-refractivity contribution < 1.29 is 14.7 Å². The van der Waals surface area contributed by atoms with E-state index in [0.29, 0.717) is 24.6 Å². The van der Waals surface area contributed by atoms with Gasteiger partial charge in [-0.25, -0.2) is 4.79 Å². The minimum atomic E-state index is -0.971. The maximum absolute atomic E-state index is 11.8. The Kier molecular flexibility index (Phi) is 6.18. The molecule has 0 heterocycles. The molecule has 5 heteroatoms. The van der Waals surface area contributed by atoms with Crippen LogP contribution in [0.15, 0.2) is 18.2 Å². The first kappa shape index (κ1) is 16.2. The quantitative estimate of drug-likeness (QED) is 0.714. The Bertz CT molecular complexity index is 486. The second-order valence-electron chi connectivity index (χ2n) is 5.10. The Hall–Kier alpha value is -1.88. The van der Waals surface area contributed by atoms with Gasteiger partial charge in [0.25, 0.3) is 0 Å². The molecule has 1 aromatic rings. The second-order valence-corrected chi connectivity index (χ2v) is 5.10. The first-order valence-electron chi connectivity index (χ1n) is 6.78. The summed E-state index contributed by atoms with van der Waals surface area (Å²) in [6.07, 6.45) is 2.16. The monoisotopic (exact) mass is 278 g/mol. The Labute approximate surface area is 119 Å². The fraction of sp³-hybridized carbons (Fsp3) is 0.467. The van der Waals surface area contributed by atoms with E-state index in [2.05, 4.69) is 12.2 Å². The van der Waals surface area contributed by atoms with Crippen LogP contribution in [-0.2, 0) is 4.79 Å². The average Bonchev–Trinajstić information content (AvgIpc) is 2.39. The lowest BCUT2D eigenvalue weighted by atomic mass is 10.0. The summed E-state index contributed by atoms with van der Waals surface area (Å²) in [6, 6.07) is 4.66. The maximum Gasteiger partial charge on any atom is 0.335 e. The number of hydrogen-bond donors (Lipinski definition) is 3. The highest BCUT2D eigenvalue weighted by Gasteiger charge is 2.10. The van der Waals surface area contributed by atoms with E-state index in [1.54, 1.807) is 19.1 Å². The van der Waals surface area contributed by atoms with Crippen LogP contribution in [0.2, 0.25) is 0 Å². The van der Waals surface area contributed by atoms with Crippen molar-refractivity contribution in [1.29, 1.82) is 0 Å². The lowest BCUT2D eigenvalue weighted by Crippen LogP contribution is -2.15. The normalized spacial score (nSPS) is 11.9. The van der Waals surface area contributed by atoms with Gasteiger partial charge in [0.1, 0.15) is 0 Å². The molecule has 1 aromatic carbocycles. The zero-order valence-electron chi connectivity index (χ0n) is 12.0. The molecule has 0 aliphatic carbocycles. The molecule has 4 N–H and O–H groups in total. The summed E-state index contributed by atoms with van der Waals surface area (Å²) in [5, 5.41) is 11.7. The molecule has 0 spiro atoms. The number of carbonyl (C=O) groups excluding carboxylic acids is 1. The number of carbonyl (C=O) groups is 2. The average molecular weight is 278 g/mol. The Morgan fingerprint density at radius 2 is 2.05 bits per heavy atom. The number of aryl methyl sites for hydroxylation is 1. The molecule has 1 amide bonds. The predicted octanol–water partition coefficient (Wildman–Crippen LogP) is 2.40. The number of benzene rings is 1. The van der Waals surface area contributed by atoms with Crippen LogP contribution in [0.25, 0.3) is 0 Å². The van der Waals surface area contributed by atoms with Crippen molar-refractivity contribution in [2.75, 3.05) is 11.9 Å². The van der Waals surface area contributed by atoms with E-state index in [1.807, 2.05) is 0 Å². The van der Waals surface area contributed by atoms with Crippen molar-refractivity contribution in [3.8, 4) is 0 Å². The largest absolute Gasteiger partial charge is 0.478 e. The number of anilines is 1. The number of hydrogen-bond acceptors (Lipinski definition) is 3. The number of carboxylic acid groups (broad SMARTS) is 1. The lowest BCUT2D eigenvalue weighted by Gasteiger charge is -2.11. The van der Waals surface area contributed by atoms with Crippen LogP contribution in [0.3, 0.4) is 0 Å². The van der Waals surface area contributed by atoms with Gasteiger partial charge in [0.15, 0.2) is 0 Å². The van der Waals surface area contributed by atoms with E-state index in [0.717, 1.165) is 18.4 Å². The van der Waals surface area contributed by atoms with Gasteiger partial charge >= 0.3 is 5.97 Å². The van der Waals surface area contributed by atoms with Crippen LogP contribution in [-0.4, -0.2) is 23.5 Å². The molecule has 110 valence electrons. The van der Waals surface area contributed by atoms with Crippen molar-refractivity contribution in [2.45, 2.75) is 33.1 Å². The molecule has 0 aromatic heterocycles. The van der Waals surface area contributed by atoms with Crippen LogP contribution in [0.1, 0.15) is 42.1 Å². The minimum Gasteiger partial charge on any atom is -0.478 e. The van der Waals surface area contributed by atoms with Crippen molar-refractivity contribution in [1.82, 2.24) is 0 Å². The van der Waals surface area contributed by atoms with Crippen molar-refractivity contribution in [2.24, 2.45) is 11.7 Å². The molecule has 1 rings (SSSR count). The van der Waals surface area contributed by atoms with Gasteiger partial charge in [0.05, 0.1) is 5.56 Å². The van der Waals surface area contributed by atoms with E-state index in [9.17, 15) is 9.59 Å². The lowest BCUT2D eigenvalue weighted by molar-refractivity contribution is -0.116. The van der Waals surface area contributed by atoms with Gasteiger partial charge in [-0.2, -0.15) is 0 Å². The third-order valence-corrected chi connectivity index (χ3v) is 3.27. The molecular weight excluding hydrogens is 256 g/mol. The topological polar surface area (TPSA) is 92.4 Å². The van der Waals surface area contributed by atoms with Gasteiger partial charge in [-0.15, -0.1) is 0 Å². The highest BCUT2D eigenvalue weighted by Crippen LogP contribution is 2.18. The summed E-state index contributed by atoms with van der Waals surface area (Å²) < 4.78 is 0. The smallest absolute Gasteiger partial charge is 0.335 e. The SMILES string of the molecule is Cc1cc(C(=O)O)ccc1NC(=O)CCC(C)CCN. The first-order valence-corrected chi connectivity index (χ1v) is 6.78. The summed E-state index contributed by atoms with van der Waals surface area (Å²) in [7, 11) is 0. The van der Waals surface area contributed by atoms with Gasteiger partial charge in [-0.3, -0.25) is 4.79 Å². The first-order chi connectivity index (χ1) is 9.43.